The fourth-order valence-electron chi connectivity index (χ4n) is 3.85. The van der Waals surface area contributed by atoms with E-state index in [-0.39, 0.29) is 17.6 Å². The number of aryl methyl sites for hydroxylation is 1. The maximum Gasteiger partial charge on any atom is 0.220 e. The second kappa shape index (κ2) is 8.01. The van der Waals surface area contributed by atoms with E-state index in [9.17, 15) is 4.79 Å². The third-order valence-electron chi connectivity index (χ3n) is 5.48. The molecule has 6 nitrogen and oxygen atoms in total. The zero-order valence-electron chi connectivity index (χ0n) is 15.3. The van der Waals surface area contributed by atoms with Crippen molar-refractivity contribution in [1.29, 1.82) is 0 Å². The van der Waals surface area contributed by atoms with Crippen LogP contribution in [0.25, 0.3) is 0 Å². The number of nitrogens with two attached hydrogens (primary N) is 1. The summed E-state index contributed by atoms with van der Waals surface area (Å²) in [5, 5.41) is 5.49. The minimum Gasteiger partial charge on any atom is -0.375 e. The Hall–Kier alpha value is -1.18. The summed E-state index contributed by atoms with van der Waals surface area (Å²) < 4.78 is 6.37. The average Bonchev–Trinajstić information content (AvgIpc) is 3.18. The Labute approximate surface area is 154 Å². The molecule has 1 atom stereocenters. The summed E-state index contributed by atoms with van der Waals surface area (Å²) in [7, 11) is 0. The van der Waals surface area contributed by atoms with E-state index in [1.54, 1.807) is 0 Å². The smallest absolute Gasteiger partial charge is 0.220 e. The van der Waals surface area contributed by atoms with Crippen molar-refractivity contribution in [3.05, 3.63) is 11.1 Å². The number of hydrogen-bond acceptors (Lipinski definition) is 6. The van der Waals surface area contributed by atoms with Crippen molar-refractivity contribution in [1.82, 2.24) is 15.2 Å². The first-order valence-electron chi connectivity index (χ1n) is 9.34. The second-order valence-corrected chi connectivity index (χ2v) is 8.46. The zero-order valence-corrected chi connectivity index (χ0v) is 16.1. The number of nitrogens with one attached hydrogen (secondary N) is 1. The van der Waals surface area contributed by atoms with E-state index in [0.29, 0.717) is 30.6 Å². The molecule has 2 fully saturated rings. The number of nitrogen functional groups attached to an aromatic ring is 1. The molecule has 2 saturated heterocycles. The van der Waals surface area contributed by atoms with Gasteiger partial charge in [-0.05, 0) is 46.0 Å². The van der Waals surface area contributed by atoms with Gasteiger partial charge in [0.2, 0.25) is 5.91 Å². The summed E-state index contributed by atoms with van der Waals surface area (Å²) in [6.45, 7) is 7.37. The van der Waals surface area contributed by atoms with E-state index in [1.165, 1.54) is 11.3 Å². The second-order valence-electron chi connectivity index (χ2n) is 7.57. The van der Waals surface area contributed by atoms with E-state index in [2.05, 4.69) is 29.0 Å². The van der Waals surface area contributed by atoms with Crippen LogP contribution in [0.1, 0.15) is 51.6 Å². The van der Waals surface area contributed by atoms with Gasteiger partial charge >= 0.3 is 0 Å². The molecular weight excluding hydrogens is 336 g/mol. The lowest BCUT2D eigenvalue weighted by Crippen LogP contribution is -2.47. The molecule has 1 unspecified atom stereocenters. The fourth-order valence-corrected chi connectivity index (χ4v) is 4.45. The molecule has 140 valence electrons. The Balaban J connectivity index is 1.36. The van der Waals surface area contributed by atoms with Gasteiger partial charge in [0, 0.05) is 37.5 Å². The summed E-state index contributed by atoms with van der Waals surface area (Å²) in [5.41, 5.74) is 6.56. The summed E-state index contributed by atoms with van der Waals surface area (Å²) in [4.78, 5) is 18.7. The summed E-state index contributed by atoms with van der Waals surface area (Å²) in [6.07, 6.45) is 5.64. The number of thiazole rings is 1. The Morgan fingerprint density at radius 1 is 1.48 bits per heavy atom. The van der Waals surface area contributed by atoms with Crippen molar-refractivity contribution in [3.8, 4) is 0 Å². The molecular formula is C18H30N4O2S. The number of piperidine rings is 1. The van der Waals surface area contributed by atoms with Crippen LogP contribution in [-0.4, -0.2) is 53.2 Å². The highest BCUT2D eigenvalue weighted by Gasteiger charge is 2.42. The normalized spacial score (nSPS) is 23.4. The van der Waals surface area contributed by atoms with E-state index in [4.69, 9.17) is 10.5 Å². The van der Waals surface area contributed by atoms with Crippen molar-refractivity contribution < 1.29 is 9.53 Å². The predicted octanol–water partition coefficient (Wildman–Crippen LogP) is 2.20. The van der Waals surface area contributed by atoms with E-state index in [0.717, 1.165) is 44.5 Å². The SMILES string of the molecule is CC(C)N1CCC2(CCC(CNC(=O)CCc3csc(N)n3)O2)CC1. The number of likely N-dealkylation sites (tertiary alicyclic amines) is 1. The highest BCUT2D eigenvalue weighted by atomic mass is 32.1. The maximum absolute atomic E-state index is 12.0. The van der Waals surface area contributed by atoms with Gasteiger partial charge in [-0.15, -0.1) is 11.3 Å². The standard InChI is InChI=1S/C18H30N4O2S/c1-13(2)22-9-7-18(8-10-22)6-5-15(24-18)11-20-16(23)4-3-14-12-25-17(19)21-14/h12-13,15H,3-11H2,1-2H3,(H2,19,21)(H,20,23). The Bertz CT molecular complexity index is 581. The quantitative estimate of drug-likeness (QED) is 0.807. The van der Waals surface area contributed by atoms with Gasteiger partial charge in [-0.1, -0.05) is 0 Å². The lowest BCUT2D eigenvalue weighted by molar-refractivity contribution is -0.122. The molecule has 1 spiro atoms. The average molecular weight is 367 g/mol. The van der Waals surface area contributed by atoms with Crippen LogP contribution in [0.2, 0.25) is 0 Å². The summed E-state index contributed by atoms with van der Waals surface area (Å²) >= 11 is 1.42. The molecule has 3 rings (SSSR count). The lowest BCUT2D eigenvalue weighted by atomic mass is 9.88. The Morgan fingerprint density at radius 3 is 2.88 bits per heavy atom. The van der Waals surface area contributed by atoms with Crippen molar-refractivity contribution >= 4 is 22.4 Å². The van der Waals surface area contributed by atoms with Gasteiger partial charge in [-0.3, -0.25) is 4.79 Å². The van der Waals surface area contributed by atoms with Gasteiger partial charge in [0.1, 0.15) is 0 Å². The predicted molar refractivity (Wildman–Crippen MR) is 101 cm³/mol. The molecule has 1 aromatic heterocycles. The molecule has 7 heteroatoms. The van der Waals surface area contributed by atoms with E-state index >= 15 is 0 Å². The minimum absolute atomic E-state index is 0.0545. The molecule has 1 amide bonds. The number of aromatic nitrogens is 1. The van der Waals surface area contributed by atoms with Crippen LogP contribution >= 0.6 is 11.3 Å². The van der Waals surface area contributed by atoms with Crippen molar-refractivity contribution in [2.24, 2.45) is 0 Å². The molecule has 3 N–H and O–H groups in total. The first-order chi connectivity index (χ1) is 12.0. The number of ether oxygens (including phenoxy) is 1. The van der Waals surface area contributed by atoms with Gasteiger partial charge in [0.25, 0.3) is 0 Å². The van der Waals surface area contributed by atoms with Gasteiger partial charge in [-0.25, -0.2) is 4.98 Å². The van der Waals surface area contributed by atoms with E-state index in [1.807, 2.05) is 5.38 Å². The first-order valence-corrected chi connectivity index (χ1v) is 10.2. The van der Waals surface area contributed by atoms with Crippen LogP contribution in [0.5, 0.6) is 0 Å². The van der Waals surface area contributed by atoms with Gasteiger partial charge in [-0.2, -0.15) is 0 Å². The van der Waals surface area contributed by atoms with E-state index < -0.39 is 0 Å². The van der Waals surface area contributed by atoms with Gasteiger partial charge < -0.3 is 20.7 Å². The number of nitrogens with zero attached hydrogens (tertiary/aromatic N) is 2. The lowest BCUT2D eigenvalue weighted by Gasteiger charge is -2.40. The van der Waals surface area contributed by atoms with Crippen molar-refractivity contribution in [2.45, 2.75) is 70.1 Å². The third-order valence-corrected chi connectivity index (χ3v) is 6.21. The monoisotopic (exact) mass is 366 g/mol. The third kappa shape index (κ3) is 4.92. The molecule has 0 radical (unpaired) electrons. The minimum atomic E-state index is 0.0545. The van der Waals surface area contributed by atoms with Crippen LogP contribution in [0.15, 0.2) is 5.38 Å². The number of carbonyl (C=O) groups excluding carboxylic acids is 1. The zero-order chi connectivity index (χ0) is 17.9. The van der Waals surface area contributed by atoms with Crippen LogP contribution in [0.4, 0.5) is 5.13 Å². The molecule has 25 heavy (non-hydrogen) atoms. The van der Waals surface area contributed by atoms with Crippen LogP contribution in [0.3, 0.4) is 0 Å². The number of hydrogen-bond donors (Lipinski definition) is 2. The topological polar surface area (TPSA) is 80.5 Å². The molecule has 0 bridgehead atoms. The summed E-state index contributed by atoms with van der Waals surface area (Å²) in [6, 6.07) is 0.613. The largest absolute Gasteiger partial charge is 0.375 e. The molecule has 2 aliphatic heterocycles. The van der Waals surface area contributed by atoms with Crippen LogP contribution < -0.4 is 11.1 Å². The number of anilines is 1. The molecule has 2 aliphatic rings. The highest BCUT2D eigenvalue weighted by molar-refractivity contribution is 7.13. The number of carbonyl (C=O) groups is 1. The Morgan fingerprint density at radius 2 is 2.24 bits per heavy atom. The van der Waals surface area contributed by atoms with Crippen LogP contribution in [-0.2, 0) is 16.0 Å². The van der Waals surface area contributed by atoms with Crippen LogP contribution in [0, 0.1) is 0 Å². The molecule has 3 heterocycles. The Kier molecular flexibility index (Phi) is 5.96. The first kappa shape index (κ1) is 18.6. The van der Waals surface area contributed by atoms with Crippen molar-refractivity contribution in [3.63, 3.8) is 0 Å². The maximum atomic E-state index is 12.0. The highest BCUT2D eigenvalue weighted by Crippen LogP contribution is 2.39. The van der Waals surface area contributed by atoms with Gasteiger partial charge in [0.15, 0.2) is 5.13 Å². The molecule has 0 aliphatic carbocycles. The molecule has 1 aromatic rings. The van der Waals surface area contributed by atoms with Crippen molar-refractivity contribution in [2.75, 3.05) is 25.4 Å². The summed E-state index contributed by atoms with van der Waals surface area (Å²) in [5.74, 6) is 0.0609. The fraction of sp³-hybridized carbons (Fsp3) is 0.778. The molecule has 0 aromatic carbocycles. The molecule has 0 saturated carbocycles. The van der Waals surface area contributed by atoms with Gasteiger partial charge in [0.05, 0.1) is 17.4 Å². The number of amides is 1. The number of rotatable bonds is 6.